The molecule has 134 valence electrons. The zero-order chi connectivity index (χ0) is 18.2. The fourth-order valence-corrected chi connectivity index (χ4v) is 2.28. The smallest absolute Gasteiger partial charge is 0.265 e. The third kappa shape index (κ3) is 5.71. The Morgan fingerprint density at radius 2 is 1.68 bits per heavy atom. The van der Waals surface area contributed by atoms with Crippen LogP contribution in [-0.4, -0.2) is 25.2 Å². The minimum Gasteiger partial charge on any atom is -0.497 e. The second-order valence-electron chi connectivity index (χ2n) is 5.87. The minimum absolute atomic E-state index is 0.0766. The Morgan fingerprint density at radius 3 is 2.28 bits per heavy atom. The normalized spacial score (nSPS) is 11.7. The van der Waals surface area contributed by atoms with Gasteiger partial charge in [0.15, 0.2) is 6.10 Å². The fourth-order valence-electron chi connectivity index (χ4n) is 2.28. The summed E-state index contributed by atoms with van der Waals surface area (Å²) >= 11 is 0. The van der Waals surface area contributed by atoms with Gasteiger partial charge in [-0.1, -0.05) is 13.0 Å². The second kappa shape index (κ2) is 8.97. The maximum atomic E-state index is 12.5. The van der Waals surface area contributed by atoms with E-state index in [1.807, 2.05) is 39.0 Å². The van der Waals surface area contributed by atoms with Crippen LogP contribution in [0.15, 0.2) is 48.5 Å². The third-order valence-corrected chi connectivity index (χ3v) is 3.47. The van der Waals surface area contributed by atoms with Gasteiger partial charge in [0.1, 0.15) is 17.2 Å². The predicted molar refractivity (Wildman–Crippen MR) is 98.5 cm³/mol. The lowest BCUT2D eigenvalue weighted by Crippen LogP contribution is -2.32. The van der Waals surface area contributed by atoms with Crippen molar-refractivity contribution in [3.05, 3.63) is 48.5 Å². The van der Waals surface area contributed by atoms with Gasteiger partial charge in [-0.25, -0.2) is 0 Å². The Bertz CT molecular complexity index is 682. The standard InChI is InChI=1S/C20H25NO4/c1-5-19(25-17-11-9-16(23-4)10-12-17)20(22)21-15-7-6-8-18(13-15)24-14(2)3/h6-14,19H,5H2,1-4H3,(H,21,22)/t19-/m0/s1. The van der Waals surface area contributed by atoms with Crippen molar-refractivity contribution in [2.24, 2.45) is 0 Å². The summed E-state index contributed by atoms with van der Waals surface area (Å²) in [5, 5.41) is 2.88. The van der Waals surface area contributed by atoms with Crippen molar-refractivity contribution in [3.8, 4) is 17.2 Å². The molecule has 25 heavy (non-hydrogen) atoms. The van der Waals surface area contributed by atoms with Gasteiger partial charge in [0.2, 0.25) is 0 Å². The molecule has 0 spiro atoms. The maximum absolute atomic E-state index is 12.5. The van der Waals surface area contributed by atoms with Gasteiger partial charge in [0.25, 0.3) is 5.91 Å². The van der Waals surface area contributed by atoms with Crippen LogP contribution < -0.4 is 19.5 Å². The number of amides is 1. The van der Waals surface area contributed by atoms with E-state index in [-0.39, 0.29) is 12.0 Å². The molecule has 0 aliphatic carbocycles. The first-order chi connectivity index (χ1) is 12.0. The highest BCUT2D eigenvalue weighted by Gasteiger charge is 2.18. The fraction of sp³-hybridized carbons (Fsp3) is 0.350. The Morgan fingerprint density at radius 1 is 1.00 bits per heavy atom. The predicted octanol–water partition coefficient (Wildman–Crippen LogP) is 4.28. The van der Waals surface area contributed by atoms with Crippen molar-refractivity contribution >= 4 is 11.6 Å². The van der Waals surface area contributed by atoms with Crippen molar-refractivity contribution in [3.63, 3.8) is 0 Å². The highest BCUT2D eigenvalue weighted by molar-refractivity contribution is 5.94. The molecule has 5 heteroatoms. The Balaban J connectivity index is 2.01. The number of hydrogen-bond donors (Lipinski definition) is 1. The number of nitrogens with one attached hydrogen (secondary N) is 1. The van der Waals surface area contributed by atoms with Crippen molar-refractivity contribution < 1.29 is 19.0 Å². The number of methoxy groups -OCH3 is 1. The van der Waals surface area contributed by atoms with Crippen LogP contribution in [0.4, 0.5) is 5.69 Å². The van der Waals surface area contributed by atoms with E-state index >= 15 is 0 Å². The van der Waals surface area contributed by atoms with Crippen molar-refractivity contribution in [2.45, 2.75) is 39.4 Å². The molecule has 1 N–H and O–H groups in total. The zero-order valence-electron chi connectivity index (χ0n) is 15.1. The van der Waals surface area contributed by atoms with Crippen LogP contribution in [0, 0.1) is 0 Å². The van der Waals surface area contributed by atoms with Gasteiger partial charge in [-0.05, 0) is 56.7 Å². The van der Waals surface area contributed by atoms with Crippen LogP contribution in [0.25, 0.3) is 0 Å². The molecule has 0 aliphatic rings. The number of rotatable bonds is 8. The second-order valence-corrected chi connectivity index (χ2v) is 5.87. The first-order valence-electron chi connectivity index (χ1n) is 8.40. The van der Waals surface area contributed by atoms with Gasteiger partial charge in [0, 0.05) is 11.8 Å². The van der Waals surface area contributed by atoms with E-state index in [1.165, 1.54) is 0 Å². The molecule has 2 aromatic rings. The molecule has 0 radical (unpaired) electrons. The number of carbonyl (C=O) groups is 1. The molecule has 2 rings (SSSR count). The zero-order valence-corrected chi connectivity index (χ0v) is 15.1. The quantitative estimate of drug-likeness (QED) is 0.777. The molecule has 0 aromatic heterocycles. The first-order valence-corrected chi connectivity index (χ1v) is 8.40. The molecular formula is C20H25NO4. The number of benzene rings is 2. The molecule has 1 atom stereocenters. The Labute approximate surface area is 148 Å². The highest BCUT2D eigenvalue weighted by atomic mass is 16.5. The molecule has 5 nitrogen and oxygen atoms in total. The van der Waals surface area contributed by atoms with Crippen LogP contribution in [0.2, 0.25) is 0 Å². The summed E-state index contributed by atoms with van der Waals surface area (Å²) in [6, 6.07) is 14.5. The van der Waals surface area contributed by atoms with Crippen LogP contribution in [0.3, 0.4) is 0 Å². The lowest BCUT2D eigenvalue weighted by Gasteiger charge is -2.18. The van der Waals surface area contributed by atoms with E-state index in [1.54, 1.807) is 37.4 Å². The van der Waals surface area contributed by atoms with Gasteiger partial charge >= 0.3 is 0 Å². The summed E-state index contributed by atoms with van der Waals surface area (Å²) in [6.45, 7) is 5.83. The number of anilines is 1. The van der Waals surface area contributed by atoms with Gasteiger partial charge in [-0.2, -0.15) is 0 Å². The maximum Gasteiger partial charge on any atom is 0.265 e. The molecule has 0 fully saturated rings. The Kier molecular flexibility index (Phi) is 6.69. The van der Waals surface area contributed by atoms with Gasteiger partial charge in [-0.3, -0.25) is 4.79 Å². The first kappa shape index (κ1) is 18.6. The van der Waals surface area contributed by atoms with E-state index < -0.39 is 6.10 Å². The van der Waals surface area contributed by atoms with Gasteiger partial charge in [-0.15, -0.1) is 0 Å². The summed E-state index contributed by atoms with van der Waals surface area (Å²) in [5.74, 6) is 1.89. The third-order valence-electron chi connectivity index (χ3n) is 3.47. The highest BCUT2D eigenvalue weighted by Crippen LogP contribution is 2.21. The van der Waals surface area contributed by atoms with E-state index in [0.717, 1.165) is 11.5 Å². The largest absolute Gasteiger partial charge is 0.497 e. The number of carbonyl (C=O) groups excluding carboxylic acids is 1. The molecule has 2 aromatic carbocycles. The molecule has 1 amide bonds. The molecule has 0 unspecified atom stereocenters. The van der Waals surface area contributed by atoms with E-state index in [9.17, 15) is 4.79 Å². The van der Waals surface area contributed by atoms with E-state index in [0.29, 0.717) is 17.9 Å². The van der Waals surface area contributed by atoms with Crippen LogP contribution in [0.5, 0.6) is 17.2 Å². The molecule has 0 bridgehead atoms. The van der Waals surface area contributed by atoms with Crippen LogP contribution in [0.1, 0.15) is 27.2 Å². The van der Waals surface area contributed by atoms with Crippen molar-refractivity contribution in [2.75, 3.05) is 12.4 Å². The topological polar surface area (TPSA) is 56.8 Å². The van der Waals surface area contributed by atoms with Crippen LogP contribution >= 0.6 is 0 Å². The molecular weight excluding hydrogens is 318 g/mol. The van der Waals surface area contributed by atoms with Crippen LogP contribution in [-0.2, 0) is 4.79 Å². The molecule has 0 aliphatic heterocycles. The average molecular weight is 343 g/mol. The van der Waals surface area contributed by atoms with E-state index in [4.69, 9.17) is 14.2 Å². The summed E-state index contributed by atoms with van der Waals surface area (Å²) in [6.07, 6.45) is 0.0517. The summed E-state index contributed by atoms with van der Waals surface area (Å²) in [7, 11) is 1.61. The summed E-state index contributed by atoms with van der Waals surface area (Å²) in [4.78, 5) is 12.5. The monoisotopic (exact) mass is 343 g/mol. The molecule has 0 saturated heterocycles. The van der Waals surface area contributed by atoms with Crippen molar-refractivity contribution in [1.82, 2.24) is 0 Å². The Hall–Kier alpha value is -2.69. The SMILES string of the molecule is CC[C@H](Oc1ccc(OC)cc1)C(=O)Nc1cccc(OC(C)C)c1. The van der Waals surface area contributed by atoms with Gasteiger partial charge < -0.3 is 19.5 Å². The average Bonchev–Trinajstić information content (AvgIpc) is 2.59. The van der Waals surface area contributed by atoms with Crippen molar-refractivity contribution in [1.29, 1.82) is 0 Å². The summed E-state index contributed by atoms with van der Waals surface area (Å²) in [5.41, 5.74) is 0.680. The number of hydrogen-bond acceptors (Lipinski definition) is 4. The number of ether oxygens (including phenoxy) is 3. The lowest BCUT2D eigenvalue weighted by molar-refractivity contribution is -0.122. The lowest BCUT2D eigenvalue weighted by atomic mass is 10.2. The molecule has 0 saturated carbocycles. The van der Waals surface area contributed by atoms with Gasteiger partial charge in [0.05, 0.1) is 13.2 Å². The summed E-state index contributed by atoms with van der Waals surface area (Å²) < 4.78 is 16.6. The van der Waals surface area contributed by atoms with E-state index in [2.05, 4.69) is 5.32 Å². The minimum atomic E-state index is -0.580. The molecule has 0 heterocycles.